The van der Waals surface area contributed by atoms with Gasteiger partial charge in [-0.2, -0.15) is 0 Å². The minimum atomic E-state index is -0.875. The van der Waals surface area contributed by atoms with E-state index in [1.54, 1.807) is 0 Å². The van der Waals surface area contributed by atoms with Crippen molar-refractivity contribution in [1.82, 2.24) is 4.90 Å². The first-order chi connectivity index (χ1) is 26.3. The third-order valence-electron chi connectivity index (χ3n) is 11.6. The van der Waals surface area contributed by atoms with E-state index in [4.69, 9.17) is 21.1 Å². The van der Waals surface area contributed by atoms with Crippen molar-refractivity contribution in [3.63, 3.8) is 0 Å². The summed E-state index contributed by atoms with van der Waals surface area (Å²) in [6.07, 6.45) is 17.5. The summed E-state index contributed by atoms with van der Waals surface area (Å²) in [5, 5.41) is 24.9. The standard InChI is InChI=1S/C46H65ClN2O5/c1-3-4-5-6-7-8-9-10-11-12-13-14-15-19-43(51)48-41-18-16-17-38(32-41)45-53-42(35(2)44(54-45)37-22-20-36(34-50)21-23-37)33-49-30-28-46(52,29-31-49)39-24-26-40(47)27-25-39/h16-18,20-27,32,35,42,44-45,50,52H,3-15,19,28-31,33-34H2,1-2H3,(H,48,51)/t35-,42+,44+,45?/m0/s1. The van der Waals surface area contributed by atoms with E-state index in [1.165, 1.54) is 70.6 Å². The Labute approximate surface area is 329 Å². The first-order valence-corrected chi connectivity index (χ1v) is 21.3. The summed E-state index contributed by atoms with van der Waals surface area (Å²) in [4.78, 5) is 15.3. The van der Waals surface area contributed by atoms with Crippen LogP contribution < -0.4 is 5.32 Å². The van der Waals surface area contributed by atoms with Gasteiger partial charge in [-0.1, -0.05) is 151 Å². The van der Waals surface area contributed by atoms with Crippen LogP contribution in [0.25, 0.3) is 0 Å². The van der Waals surface area contributed by atoms with Gasteiger partial charge in [-0.3, -0.25) is 4.79 Å². The molecule has 0 spiro atoms. The van der Waals surface area contributed by atoms with E-state index in [9.17, 15) is 15.0 Å². The highest BCUT2D eigenvalue weighted by Crippen LogP contribution is 2.43. The van der Waals surface area contributed by atoms with Crippen LogP contribution in [0.5, 0.6) is 0 Å². The molecular formula is C46H65ClN2O5. The molecular weight excluding hydrogens is 696 g/mol. The molecule has 2 saturated heterocycles. The maximum absolute atomic E-state index is 12.9. The Kier molecular flexibility index (Phi) is 17.3. The van der Waals surface area contributed by atoms with E-state index in [0.717, 1.165) is 53.9 Å². The van der Waals surface area contributed by atoms with Gasteiger partial charge in [0.2, 0.25) is 5.91 Å². The molecule has 2 aliphatic heterocycles. The van der Waals surface area contributed by atoms with Crippen LogP contribution in [0, 0.1) is 5.92 Å². The second kappa shape index (κ2) is 22.1. The number of aliphatic hydroxyl groups excluding tert-OH is 1. The zero-order valence-corrected chi connectivity index (χ0v) is 33.6. The zero-order valence-electron chi connectivity index (χ0n) is 32.8. The summed E-state index contributed by atoms with van der Waals surface area (Å²) >= 11 is 6.11. The van der Waals surface area contributed by atoms with Gasteiger partial charge in [-0.25, -0.2) is 0 Å². The highest BCUT2D eigenvalue weighted by Gasteiger charge is 2.41. The lowest BCUT2D eigenvalue weighted by molar-refractivity contribution is -0.277. The van der Waals surface area contributed by atoms with Gasteiger partial charge >= 0.3 is 0 Å². The molecule has 0 bridgehead atoms. The first-order valence-electron chi connectivity index (χ1n) is 20.9. The number of likely N-dealkylation sites (tertiary alicyclic amines) is 1. The van der Waals surface area contributed by atoms with Crippen molar-refractivity contribution < 1.29 is 24.5 Å². The quantitative estimate of drug-likeness (QED) is 0.0937. The van der Waals surface area contributed by atoms with Crippen molar-refractivity contribution in [3.8, 4) is 0 Å². The van der Waals surface area contributed by atoms with Gasteiger partial charge in [0.25, 0.3) is 0 Å². The van der Waals surface area contributed by atoms with Crippen LogP contribution in [0.3, 0.4) is 0 Å². The fourth-order valence-corrected chi connectivity index (χ4v) is 8.15. The maximum Gasteiger partial charge on any atom is 0.224 e. The van der Waals surface area contributed by atoms with E-state index in [-0.39, 0.29) is 30.6 Å². The summed E-state index contributed by atoms with van der Waals surface area (Å²) in [6, 6.07) is 23.3. The molecule has 5 rings (SSSR count). The van der Waals surface area contributed by atoms with Crippen LogP contribution in [0.1, 0.15) is 151 Å². The largest absolute Gasteiger partial charge is 0.392 e. The third kappa shape index (κ3) is 12.9. The van der Waals surface area contributed by atoms with Gasteiger partial charge in [0.15, 0.2) is 6.29 Å². The van der Waals surface area contributed by atoms with E-state index >= 15 is 0 Å². The highest BCUT2D eigenvalue weighted by molar-refractivity contribution is 6.30. The second-order valence-electron chi connectivity index (χ2n) is 15.8. The summed E-state index contributed by atoms with van der Waals surface area (Å²) in [7, 11) is 0. The second-order valence-corrected chi connectivity index (χ2v) is 16.3. The molecule has 296 valence electrons. The van der Waals surface area contributed by atoms with E-state index < -0.39 is 11.9 Å². The Bertz CT molecular complexity index is 1520. The molecule has 3 aromatic carbocycles. The molecule has 1 unspecified atom stereocenters. The number of carbonyl (C=O) groups is 1. The molecule has 54 heavy (non-hydrogen) atoms. The molecule has 2 heterocycles. The summed E-state index contributed by atoms with van der Waals surface area (Å²) in [5.41, 5.74) is 3.53. The Balaban J connectivity index is 1.13. The monoisotopic (exact) mass is 760 g/mol. The summed E-state index contributed by atoms with van der Waals surface area (Å²) in [6.45, 7) is 6.63. The fraction of sp³-hybridized carbons (Fsp3) is 0.587. The molecule has 3 N–H and O–H groups in total. The predicted octanol–water partition coefficient (Wildman–Crippen LogP) is 11.0. The highest BCUT2D eigenvalue weighted by atomic mass is 35.5. The first kappa shape index (κ1) is 42.4. The van der Waals surface area contributed by atoms with E-state index in [0.29, 0.717) is 30.8 Å². The van der Waals surface area contributed by atoms with Crippen molar-refractivity contribution >= 4 is 23.2 Å². The Hall–Kier alpha value is -2.78. The molecule has 0 radical (unpaired) electrons. The summed E-state index contributed by atoms with van der Waals surface area (Å²) in [5.74, 6) is 0.0826. The lowest BCUT2D eigenvalue weighted by Crippen LogP contribution is -2.49. The summed E-state index contributed by atoms with van der Waals surface area (Å²) < 4.78 is 13.5. The Morgan fingerprint density at radius 3 is 2.04 bits per heavy atom. The molecule has 7 nitrogen and oxygen atoms in total. The van der Waals surface area contributed by atoms with Crippen LogP contribution in [-0.2, 0) is 26.5 Å². The third-order valence-corrected chi connectivity index (χ3v) is 11.8. The van der Waals surface area contributed by atoms with Crippen LogP contribution >= 0.6 is 11.6 Å². The van der Waals surface area contributed by atoms with Crippen molar-refractivity contribution in [1.29, 1.82) is 0 Å². The number of nitrogens with zero attached hydrogens (tertiary/aromatic N) is 1. The number of hydrogen-bond acceptors (Lipinski definition) is 6. The van der Waals surface area contributed by atoms with Crippen LogP contribution in [0.15, 0.2) is 72.8 Å². The topological polar surface area (TPSA) is 91.3 Å². The minimum Gasteiger partial charge on any atom is -0.392 e. The molecule has 1 amide bonds. The SMILES string of the molecule is CCCCCCCCCCCCCCCC(=O)Nc1cccc(C2O[C@H](CN3CCC(O)(c4ccc(Cl)cc4)CC3)[C@H](C)[C@H](c3ccc(CO)cc3)O2)c1. The van der Waals surface area contributed by atoms with Crippen LogP contribution in [-0.4, -0.2) is 46.8 Å². The van der Waals surface area contributed by atoms with E-state index in [2.05, 4.69) is 24.1 Å². The van der Waals surface area contributed by atoms with Gasteiger partial charge in [-0.05, 0) is 60.2 Å². The molecule has 2 fully saturated rings. The van der Waals surface area contributed by atoms with Gasteiger partial charge < -0.3 is 29.9 Å². The molecule has 0 saturated carbocycles. The van der Waals surface area contributed by atoms with Gasteiger partial charge in [0, 0.05) is 48.2 Å². The molecule has 3 aromatic rings. The van der Waals surface area contributed by atoms with Crippen molar-refractivity contribution in [3.05, 3.63) is 100 Å². The number of nitrogens with one attached hydrogen (secondary N) is 1. The number of aliphatic hydroxyl groups is 2. The molecule has 0 aromatic heterocycles. The number of ether oxygens (including phenoxy) is 2. The van der Waals surface area contributed by atoms with Gasteiger partial charge in [-0.15, -0.1) is 0 Å². The maximum atomic E-state index is 12.9. The lowest BCUT2D eigenvalue weighted by Gasteiger charge is -2.45. The van der Waals surface area contributed by atoms with Crippen molar-refractivity contribution in [2.24, 2.45) is 5.92 Å². The molecule has 2 aliphatic rings. The average molecular weight is 761 g/mol. The number of anilines is 1. The van der Waals surface area contributed by atoms with E-state index in [1.807, 2.05) is 72.8 Å². The molecule has 8 heteroatoms. The smallest absolute Gasteiger partial charge is 0.224 e. The number of rotatable bonds is 21. The number of benzene rings is 3. The Morgan fingerprint density at radius 2 is 1.43 bits per heavy atom. The number of carbonyl (C=O) groups excluding carboxylic acids is 1. The van der Waals surface area contributed by atoms with Crippen LogP contribution in [0.2, 0.25) is 5.02 Å². The normalized spacial score (nSPS) is 21.6. The van der Waals surface area contributed by atoms with Gasteiger partial charge in [0.1, 0.15) is 0 Å². The number of hydrogen-bond donors (Lipinski definition) is 3. The molecule has 0 aliphatic carbocycles. The Morgan fingerprint density at radius 1 is 0.815 bits per heavy atom. The zero-order chi connectivity index (χ0) is 38.2. The van der Waals surface area contributed by atoms with Crippen LogP contribution in [0.4, 0.5) is 5.69 Å². The molecule has 4 atom stereocenters. The minimum absolute atomic E-state index is 0.00901. The number of unbranched alkanes of at least 4 members (excludes halogenated alkanes) is 12. The number of halogens is 1. The predicted molar refractivity (Wildman–Crippen MR) is 219 cm³/mol. The van der Waals surface area contributed by atoms with Crippen molar-refractivity contribution in [2.45, 2.75) is 147 Å². The van der Waals surface area contributed by atoms with Crippen molar-refractivity contribution in [2.75, 3.05) is 25.0 Å². The fourth-order valence-electron chi connectivity index (χ4n) is 8.03. The average Bonchev–Trinajstić information content (AvgIpc) is 3.18. The van der Waals surface area contributed by atoms with Gasteiger partial charge in [0.05, 0.1) is 24.4 Å². The lowest BCUT2D eigenvalue weighted by atomic mass is 9.84. The number of piperidine rings is 1. The number of amides is 1.